The summed E-state index contributed by atoms with van der Waals surface area (Å²) in [6.07, 6.45) is -1.64. The van der Waals surface area contributed by atoms with E-state index in [0.29, 0.717) is 26.2 Å². The van der Waals surface area contributed by atoms with Gasteiger partial charge in [-0.15, -0.1) is 0 Å². The van der Waals surface area contributed by atoms with E-state index in [0.717, 1.165) is 12.1 Å². The second kappa shape index (κ2) is 6.47. The highest BCUT2D eigenvalue weighted by atomic mass is 19.1. The van der Waals surface area contributed by atoms with Crippen molar-refractivity contribution in [3.8, 4) is 0 Å². The Balaban J connectivity index is 2.00. The van der Waals surface area contributed by atoms with Crippen molar-refractivity contribution in [3.63, 3.8) is 0 Å². The molecule has 2 aliphatic rings. The molecule has 4 N–H and O–H groups in total. The first kappa shape index (κ1) is 17.4. The molecule has 9 heteroatoms. The molecule has 136 valence electrons. The summed E-state index contributed by atoms with van der Waals surface area (Å²) in [4.78, 5) is 25.0. The Labute approximate surface area is 143 Å². The topological polar surface area (TPSA) is 96.7 Å². The van der Waals surface area contributed by atoms with Crippen molar-refractivity contribution in [2.45, 2.75) is 18.4 Å². The van der Waals surface area contributed by atoms with E-state index in [1.165, 1.54) is 6.92 Å². The maximum atomic E-state index is 14.7. The molecule has 2 fully saturated rings. The molecule has 0 aliphatic carbocycles. The first-order valence-electron chi connectivity index (χ1n) is 8.03. The number of carbonyl (C=O) groups is 2. The van der Waals surface area contributed by atoms with Crippen LogP contribution in [0.1, 0.15) is 12.5 Å². The van der Waals surface area contributed by atoms with Crippen LogP contribution in [0.25, 0.3) is 0 Å². The molecular weight excluding hydrogens is 334 g/mol. The molecule has 2 heterocycles. The number of cyclic esters (lactones) is 1. The van der Waals surface area contributed by atoms with Crippen LogP contribution in [0.4, 0.5) is 19.3 Å². The lowest BCUT2D eigenvalue weighted by Crippen LogP contribution is -2.50. The first-order chi connectivity index (χ1) is 11.8. The lowest BCUT2D eigenvalue weighted by atomic mass is 9.76. The van der Waals surface area contributed by atoms with Gasteiger partial charge >= 0.3 is 6.09 Å². The van der Waals surface area contributed by atoms with Crippen LogP contribution in [-0.4, -0.2) is 50.8 Å². The molecule has 7 nitrogen and oxygen atoms in total. The van der Waals surface area contributed by atoms with Crippen molar-refractivity contribution in [2.24, 2.45) is 5.73 Å². The number of benzene rings is 1. The maximum absolute atomic E-state index is 14.7. The summed E-state index contributed by atoms with van der Waals surface area (Å²) >= 11 is 0. The van der Waals surface area contributed by atoms with E-state index in [1.807, 2.05) is 0 Å². The Bertz CT molecular complexity index is 686. The van der Waals surface area contributed by atoms with Gasteiger partial charge in [-0.3, -0.25) is 4.79 Å². The van der Waals surface area contributed by atoms with Gasteiger partial charge in [-0.1, -0.05) is 0 Å². The predicted molar refractivity (Wildman–Crippen MR) is 86.3 cm³/mol. The van der Waals surface area contributed by atoms with E-state index < -0.39 is 35.2 Å². The summed E-state index contributed by atoms with van der Waals surface area (Å²) in [5.74, 6) is -2.38. The average Bonchev–Trinajstić information content (AvgIpc) is 3.01. The second-order valence-corrected chi connectivity index (χ2v) is 6.37. The van der Waals surface area contributed by atoms with E-state index in [9.17, 15) is 18.4 Å². The minimum absolute atomic E-state index is 0.0288. The molecule has 2 amide bonds. The summed E-state index contributed by atoms with van der Waals surface area (Å²) in [6.45, 7) is 3.65. The quantitative estimate of drug-likeness (QED) is 0.719. The number of carbonyl (C=O) groups excluding carboxylic acids is 2. The number of piperazine rings is 1. The van der Waals surface area contributed by atoms with Gasteiger partial charge in [-0.2, -0.15) is 0 Å². The van der Waals surface area contributed by atoms with E-state index >= 15 is 0 Å². The number of ether oxygens (including phenoxy) is 1. The Morgan fingerprint density at radius 2 is 1.92 bits per heavy atom. The van der Waals surface area contributed by atoms with Crippen LogP contribution in [0.2, 0.25) is 0 Å². The average molecular weight is 354 g/mol. The zero-order valence-electron chi connectivity index (χ0n) is 13.8. The monoisotopic (exact) mass is 354 g/mol. The number of rotatable bonds is 4. The highest BCUT2D eigenvalue weighted by Gasteiger charge is 2.47. The summed E-state index contributed by atoms with van der Waals surface area (Å²) in [7, 11) is 0. The van der Waals surface area contributed by atoms with Gasteiger partial charge in [-0.25, -0.2) is 13.6 Å². The zero-order valence-corrected chi connectivity index (χ0v) is 13.8. The lowest BCUT2D eigenvalue weighted by molar-refractivity contribution is -0.126. The fraction of sp³-hybridized carbons (Fsp3) is 0.500. The summed E-state index contributed by atoms with van der Waals surface area (Å²) in [5, 5.41) is 5.53. The standard InChI is InChI=1S/C16H20F2N4O3/c1-16(14(19)23,12-8-21-15(24)25-12)9-6-10(17)13(11(18)7-9)22-4-2-20-3-5-22/h6-7,12,20H,2-5,8H2,1H3,(H2,19,23)(H,21,24). The van der Waals surface area contributed by atoms with Gasteiger partial charge in [0.15, 0.2) is 0 Å². The normalized spacial score (nSPS) is 22.9. The van der Waals surface area contributed by atoms with Crippen LogP contribution in [0.3, 0.4) is 0 Å². The number of nitrogens with one attached hydrogen (secondary N) is 2. The number of halogens is 2. The molecule has 0 spiro atoms. The molecule has 1 aromatic rings. The third kappa shape index (κ3) is 2.99. The number of nitrogens with two attached hydrogens (primary N) is 1. The summed E-state index contributed by atoms with van der Waals surface area (Å²) in [5.41, 5.74) is 3.85. The van der Waals surface area contributed by atoms with Gasteiger partial charge < -0.3 is 26.0 Å². The van der Waals surface area contributed by atoms with Gasteiger partial charge in [0, 0.05) is 26.2 Å². The number of primary amides is 1. The molecule has 0 aromatic heterocycles. The molecule has 0 radical (unpaired) electrons. The zero-order chi connectivity index (χ0) is 18.2. The third-order valence-corrected chi connectivity index (χ3v) is 4.89. The fourth-order valence-electron chi connectivity index (χ4n) is 3.25. The Kier molecular flexibility index (Phi) is 4.51. The minimum atomic E-state index is -1.55. The van der Waals surface area contributed by atoms with Crippen LogP contribution in [0.5, 0.6) is 0 Å². The molecular formula is C16H20F2N4O3. The molecule has 0 saturated carbocycles. The van der Waals surface area contributed by atoms with E-state index in [4.69, 9.17) is 10.5 Å². The number of nitrogens with zero attached hydrogens (tertiary/aromatic N) is 1. The van der Waals surface area contributed by atoms with Crippen LogP contribution in [0, 0.1) is 11.6 Å². The largest absolute Gasteiger partial charge is 0.443 e. The van der Waals surface area contributed by atoms with Crippen LogP contribution < -0.4 is 21.3 Å². The molecule has 25 heavy (non-hydrogen) atoms. The first-order valence-corrected chi connectivity index (χ1v) is 8.03. The maximum Gasteiger partial charge on any atom is 0.407 e. The smallest absolute Gasteiger partial charge is 0.407 e. The van der Waals surface area contributed by atoms with Gasteiger partial charge in [0.1, 0.15) is 28.8 Å². The molecule has 0 bridgehead atoms. The minimum Gasteiger partial charge on any atom is -0.443 e. The lowest BCUT2D eigenvalue weighted by Gasteiger charge is -2.33. The number of alkyl carbamates (subject to hydrolysis) is 1. The SMILES string of the molecule is CC(C(N)=O)(c1cc(F)c(N2CCNCC2)c(F)c1)C1CNC(=O)O1. The van der Waals surface area contributed by atoms with Gasteiger partial charge in [-0.05, 0) is 24.6 Å². The molecule has 1 aromatic carbocycles. The van der Waals surface area contributed by atoms with E-state index in [-0.39, 0.29) is 17.8 Å². The highest BCUT2D eigenvalue weighted by Crippen LogP contribution is 2.35. The van der Waals surface area contributed by atoms with Crippen LogP contribution >= 0.6 is 0 Å². The van der Waals surface area contributed by atoms with Crippen molar-refractivity contribution in [2.75, 3.05) is 37.6 Å². The predicted octanol–water partition coefficient (Wildman–Crippen LogP) is 0.226. The van der Waals surface area contributed by atoms with E-state index in [1.54, 1.807) is 4.90 Å². The van der Waals surface area contributed by atoms with Gasteiger partial charge in [0.05, 0.1) is 6.54 Å². The summed E-state index contributed by atoms with van der Waals surface area (Å²) in [6, 6.07) is 2.19. The van der Waals surface area contributed by atoms with Crippen LogP contribution in [0.15, 0.2) is 12.1 Å². The van der Waals surface area contributed by atoms with Crippen molar-refractivity contribution in [1.29, 1.82) is 0 Å². The van der Waals surface area contributed by atoms with Crippen molar-refractivity contribution in [3.05, 3.63) is 29.3 Å². The molecule has 2 atom stereocenters. The van der Waals surface area contributed by atoms with Crippen molar-refractivity contribution in [1.82, 2.24) is 10.6 Å². The third-order valence-electron chi connectivity index (χ3n) is 4.89. The van der Waals surface area contributed by atoms with Gasteiger partial charge in [0.2, 0.25) is 5.91 Å². The number of hydrogen-bond acceptors (Lipinski definition) is 5. The number of anilines is 1. The molecule has 2 unspecified atom stereocenters. The molecule has 2 saturated heterocycles. The van der Waals surface area contributed by atoms with Crippen molar-refractivity contribution >= 4 is 17.7 Å². The number of amides is 2. The van der Waals surface area contributed by atoms with Gasteiger partial charge in [0.25, 0.3) is 0 Å². The molecule has 2 aliphatic heterocycles. The molecule has 3 rings (SSSR count). The van der Waals surface area contributed by atoms with Crippen LogP contribution in [-0.2, 0) is 14.9 Å². The summed E-state index contributed by atoms with van der Waals surface area (Å²) < 4.78 is 34.4. The fourth-order valence-corrected chi connectivity index (χ4v) is 3.25. The number of hydrogen-bond donors (Lipinski definition) is 3. The van der Waals surface area contributed by atoms with E-state index in [2.05, 4.69) is 10.6 Å². The Morgan fingerprint density at radius 1 is 1.32 bits per heavy atom. The van der Waals surface area contributed by atoms with Crippen molar-refractivity contribution < 1.29 is 23.1 Å². The Morgan fingerprint density at radius 3 is 2.40 bits per heavy atom. The highest BCUT2D eigenvalue weighted by molar-refractivity contribution is 5.88. The second-order valence-electron chi connectivity index (χ2n) is 6.37. The Hall–Kier alpha value is -2.42.